The summed E-state index contributed by atoms with van der Waals surface area (Å²) in [4.78, 5) is 23.2. The molecule has 0 bridgehead atoms. The van der Waals surface area contributed by atoms with Gasteiger partial charge >= 0.3 is 5.97 Å². The van der Waals surface area contributed by atoms with E-state index in [1.54, 1.807) is 7.11 Å². The maximum atomic E-state index is 12.7. The molecule has 2 aromatic carbocycles. The molecule has 6 nitrogen and oxygen atoms in total. The van der Waals surface area contributed by atoms with Crippen molar-refractivity contribution in [3.05, 3.63) is 65.0 Å². The van der Waals surface area contributed by atoms with Crippen LogP contribution in [0.3, 0.4) is 0 Å². The molecule has 2 unspecified atom stereocenters. The van der Waals surface area contributed by atoms with E-state index in [4.69, 9.17) is 14.5 Å². The molecule has 194 valence electrons. The van der Waals surface area contributed by atoms with Crippen molar-refractivity contribution in [3.8, 4) is 0 Å². The number of benzene rings is 2. The van der Waals surface area contributed by atoms with Crippen LogP contribution in [0.5, 0.6) is 0 Å². The first-order valence-electron chi connectivity index (χ1n) is 13.2. The Morgan fingerprint density at radius 1 is 1.22 bits per heavy atom. The van der Waals surface area contributed by atoms with Gasteiger partial charge in [0.05, 0.1) is 11.0 Å². The lowest BCUT2D eigenvalue weighted by Crippen LogP contribution is -2.49. The number of ether oxygens (including phenoxy) is 2. The Kier molecular flexibility index (Phi) is 8.47. The van der Waals surface area contributed by atoms with Crippen molar-refractivity contribution < 1.29 is 14.3 Å². The van der Waals surface area contributed by atoms with Gasteiger partial charge in [0.1, 0.15) is 18.0 Å². The molecule has 1 heterocycles. The second-order valence-electron chi connectivity index (χ2n) is 10.8. The predicted octanol–water partition coefficient (Wildman–Crippen LogP) is 5.44. The summed E-state index contributed by atoms with van der Waals surface area (Å²) in [5.41, 5.74) is 5.59. The van der Waals surface area contributed by atoms with Gasteiger partial charge in [-0.15, -0.1) is 0 Å². The number of carbonyl (C=O) groups excluding carboxylic acids is 1. The van der Waals surface area contributed by atoms with Gasteiger partial charge in [-0.2, -0.15) is 0 Å². The van der Waals surface area contributed by atoms with Crippen molar-refractivity contribution in [2.75, 3.05) is 33.9 Å². The fourth-order valence-corrected chi connectivity index (χ4v) is 5.96. The zero-order chi connectivity index (χ0) is 25.7. The SMILES string of the molecule is COCC(=O)OC1(CCN(C)CCCc2nc3ccccc3[nH]2)CCc2cc(C)ccc2C1C(C)C. The van der Waals surface area contributed by atoms with Crippen LogP contribution in [-0.2, 0) is 27.1 Å². The van der Waals surface area contributed by atoms with Gasteiger partial charge in [-0.05, 0) is 69.0 Å². The standard InChI is InChI=1S/C30H41N3O3/c1-21(2)29-24-13-12-22(3)19-23(24)14-15-30(29,36-28(34)20-35-5)16-18-33(4)17-8-11-27-31-25-9-6-7-10-26(25)32-27/h6-7,9-10,12-13,19,21,29H,8,11,14-18,20H2,1-5H3,(H,31,32). The third-order valence-electron chi connectivity index (χ3n) is 7.57. The number of esters is 1. The van der Waals surface area contributed by atoms with Gasteiger partial charge in [0.15, 0.2) is 0 Å². The molecule has 2 atom stereocenters. The topological polar surface area (TPSA) is 67.5 Å². The van der Waals surface area contributed by atoms with E-state index in [0.29, 0.717) is 5.92 Å². The van der Waals surface area contributed by atoms with E-state index in [1.807, 2.05) is 18.2 Å². The first-order valence-corrected chi connectivity index (χ1v) is 13.2. The molecule has 4 rings (SSSR count). The average Bonchev–Trinajstić information content (AvgIpc) is 3.25. The lowest BCUT2D eigenvalue weighted by atomic mass is 9.65. The summed E-state index contributed by atoms with van der Waals surface area (Å²) in [6.45, 7) is 8.45. The molecule has 1 N–H and O–H groups in total. The molecular formula is C30H41N3O3. The van der Waals surface area contributed by atoms with E-state index in [-0.39, 0.29) is 18.5 Å². The largest absolute Gasteiger partial charge is 0.457 e. The van der Waals surface area contributed by atoms with Crippen LogP contribution in [-0.4, -0.2) is 60.3 Å². The Bertz CT molecular complexity index is 1140. The number of nitrogens with zero attached hydrogens (tertiary/aromatic N) is 2. The fourth-order valence-electron chi connectivity index (χ4n) is 5.96. The summed E-state index contributed by atoms with van der Waals surface area (Å²) in [7, 11) is 3.70. The van der Waals surface area contributed by atoms with E-state index in [0.717, 1.165) is 62.1 Å². The van der Waals surface area contributed by atoms with Crippen molar-refractivity contribution in [1.82, 2.24) is 14.9 Å². The molecule has 3 aromatic rings. The van der Waals surface area contributed by atoms with Gasteiger partial charge < -0.3 is 19.4 Å². The number of aromatic nitrogens is 2. The summed E-state index contributed by atoms with van der Waals surface area (Å²) >= 11 is 0. The summed E-state index contributed by atoms with van der Waals surface area (Å²) in [5.74, 6) is 1.27. The number of aromatic amines is 1. The molecule has 0 radical (unpaired) electrons. The van der Waals surface area contributed by atoms with Crippen molar-refractivity contribution in [2.45, 2.75) is 64.4 Å². The highest BCUT2D eigenvalue weighted by atomic mass is 16.6. The Morgan fingerprint density at radius 3 is 2.78 bits per heavy atom. The Morgan fingerprint density at radius 2 is 2.03 bits per heavy atom. The van der Waals surface area contributed by atoms with E-state index >= 15 is 0 Å². The van der Waals surface area contributed by atoms with Crippen LogP contribution in [0.4, 0.5) is 0 Å². The monoisotopic (exact) mass is 491 g/mol. The molecule has 0 fully saturated rings. The fraction of sp³-hybridized carbons (Fsp3) is 0.533. The normalized spacial score (nSPS) is 19.7. The number of H-pyrrole nitrogens is 1. The first kappa shape index (κ1) is 26.4. The average molecular weight is 492 g/mol. The van der Waals surface area contributed by atoms with Crippen LogP contribution in [0.1, 0.15) is 61.5 Å². The predicted molar refractivity (Wildman–Crippen MR) is 144 cm³/mol. The van der Waals surface area contributed by atoms with Gasteiger partial charge in [-0.1, -0.05) is 49.7 Å². The highest BCUT2D eigenvalue weighted by Crippen LogP contribution is 2.48. The molecule has 36 heavy (non-hydrogen) atoms. The van der Waals surface area contributed by atoms with Crippen LogP contribution in [0.15, 0.2) is 42.5 Å². The minimum atomic E-state index is -0.529. The number of nitrogens with one attached hydrogen (secondary N) is 1. The van der Waals surface area contributed by atoms with Gasteiger partial charge in [0, 0.05) is 32.4 Å². The van der Waals surface area contributed by atoms with Crippen molar-refractivity contribution in [2.24, 2.45) is 5.92 Å². The van der Waals surface area contributed by atoms with Crippen LogP contribution >= 0.6 is 0 Å². The molecule has 1 aliphatic rings. The smallest absolute Gasteiger partial charge is 0.332 e. The van der Waals surface area contributed by atoms with E-state index in [9.17, 15) is 4.79 Å². The summed E-state index contributed by atoms with van der Waals surface area (Å²) < 4.78 is 11.5. The number of aryl methyl sites for hydroxylation is 3. The zero-order valence-corrected chi connectivity index (χ0v) is 22.5. The van der Waals surface area contributed by atoms with Gasteiger partial charge in [0.25, 0.3) is 0 Å². The molecule has 0 aliphatic heterocycles. The number of fused-ring (bicyclic) bond motifs is 2. The van der Waals surface area contributed by atoms with Crippen molar-refractivity contribution in [3.63, 3.8) is 0 Å². The first-order chi connectivity index (χ1) is 17.3. The zero-order valence-electron chi connectivity index (χ0n) is 22.5. The quantitative estimate of drug-likeness (QED) is 0.362. The number of hydrogen-bond acceptors (Lipinski definition) is 5. The number of imidazole rings is 1. The number of para-hydroxylation sites is 2. The Labute approximate surface area is 215 Å². The molecule has 0 spiro atoms. The summed E-state index contributed by atoms with van der Waals surface area (Å²) in [6, 6.07) is 14.9. The molecule has 6 heteroatoms. The van der Waals surface area contributed by atoms with Crippen molar-refractivity contribution >= 4 is 17.0 Å². The van der Waals surface area contributed by atoms with Crippen LogP contribution in [0.25, 0.3) is 11.0 Å². The second-order valence-corrected chi connectivity index (χ2v) is 10.8. The number of methoxy groups -OCH3 is 1. The highest BCUT2D eigenvalue weighted by Gasteiger charge is 2.47. The molecule has 0 amide bonds. The maximum absolute atomic E-state index is 12.7. The molecule has 1 aromatic heterocycles. The Balaban J connectivity index is 1.44. The van der Waals surface area contributed by atoms with Crippen molar-refractivity contribution in [1.29, 1.82) is 0 Å². The third-order valence-corrected chi connectivity index (χ3v) is 7.57. The second kappa shape index (κ2) is 11.6. The van der Waals surface area contributed by atoms with Crippen LogP contribution in [0, 0.1) is 12.8 Å². The van der Waals surface area contributed by atoms with Gasteiger partial charge in [-0.25, -0.2) is 9.78 Å². The highest BCUT2D eigenvalue weighted by molar-refractivity contribution is 5.74. The molecule has 0 saturated heterocycles. The Hall–Kier alpha value is -2.70. The number of rotatable bonds is 11. The maximum Gasteiger partial charge on any atom is 0.332 e. The summed E-state index contributed by atoms with van der Waals surface area (Å²) in [5, 5.41) is 0. The lowest BCUT2D eigenvalue weighted by molar-refractivity contribution is -0.172. The van der Waals surface area contributed by atoms with E-state index in [1.165, 1.54) is 16.7 Å². The molecule has 0 saturated carbocycles. The summed E-state index contributed by atoms with van der Waals surface area (Å²) in [6.07, 6.45) is 4.50. The third kappa shape index (κ3) is 5.98. The molecule has 1 aliphatic carbocycles. The van der Waals surface area contributed by atoms with E-state index < -0.39 is 5.60 Å². The van der Waals surface area contributed by atoms with E-state index in [2.05, 4.69) is 62.0 Å². The number of hydrogen-bond donors (Lipinski definition) is 1. The lowest BCUT2D eigenvalue weighted by Gasteiger charge is -2.47. The minimum Gasteiger partial charge on any atom is -0.457 e. The van der Waals surface area contributed by atoms with Gasteiger partial charge in [0.2, 0.25) is 0 Å². The van der Waals surface area contributed by atoms with Crippen LogP contribution in [0.2, 0.25) is 0 Å². The molecular weight excluding hydrogens is 450 g/mol. The van der Waals surface area contributed by atoms with Gasteiger partial charge in [-0.3, -0.25) is 0 Å². The minimum absolute atomic E-state index is 0.0132. The van der Waals surface area contributed by atoms with Crippen LogP contribution < -0.4 is 0 Å². The number of carbonyl (C=O) groups is 1.